The van der Waals surface area contributed by atoms with E-state index in [1.807, 2.05) is 21.1 Å². The van der Waals surface area contributed by atoms with Gasteiger partial charge >= 0.3 is 11.9 Å². The largest absolute Gasteiger partial charge is 0.756 e. The molecule has 2 atom stereocenters. The minimum Gasteiger partial charge on any atom is -0.756 e. The van der Waals surface area contributed by atoms with Gasteiger partial charge in [0, 0.05) is 12.8 Å². The van der Waals surface area contributed by atoms with E-state index in [4.69, 9.17) is 18.5 Å². The van der Waals surface area contributed by atoms with Crippen molar-refractivity contribution < 1.29 is 42.1 Å². The Labute approximate surface area is 636 Å². The maximum Gasteiger partial charge on any atom is 0.306 e. The number of phosphoric acid groups is 1. The van der Waals surface area contributed by atoms with Crippen LogP contribution in [-0.2, 0) is 32.7 Å². The zero-order valence-corrected chi connectivity index (χ0v) is 70.0. The van der Waals surface area contributed by atoms with Crippen LogP contribution >= 0.6 is 7.82 Å². The Morgan fingerprint density at radius 2 is 0.529 bits per heavy atom. The van der Waals surface area contributed by atoms with Crippen LogP contribution in [0, 0.1) is 0 Å². The number of nitrogens with zero attached hydrogens (tertiary/aromatic N) is 1. The van der Waals surface area contributed by atoms with Crippen LogP contribution in [0.4, 0.5) is 0 Å². The molecule has 0 aliphatic rings. The second-order valence-corrected chi connectivity index (χ2v) is 33.7. The second kappa shape index (κ2) is 83.0. The van der Waals surface area contributed by atoms with E-state index in [0.29, 0.717) is 17.4 Å². The fraction of sp³-hybridized carbons (Fsp3) is 0.891. The van der Waals surface area contributed by atoms with Crippen molar-refractivity contribution in [2.75, 3.05) is 47.5 Å². The van der Waals surface area contributed by atoms with Crippen LogP contribution in [0.15, 0.2) is 48.6 Å². The molecule has 0 saturated carbocycles. The van der Waals surface area contributed by atoms with Gasteiger partial charge in [0.2, 0.25) is 0 Å². The van der Waals surface area contributed by atoms with E-state index in [9.17, 15) is 19.0 Å². The number of ether oxygens (including phenoxy) is 2. The summed E-state index contributed by atoms with van der Waals surface area (Å²) in [6.45, 7) is 4.31. The first-order valence-corrected chi connectivity index (χ1v) is 46.8. The lowest BCUT2D eigenvalue weighted by molar-refractivity contribution is -0.870. The quantitative estimate of drug-likeness (QED) is 0.0195. The lowest BCUT2D eigenvalue weighted by Gasteiger charge is -2.28. The number of quaternary nitrogens is 1. The maximum absolute atomic E-state index is 12.9. The summed E-state index contributed by atoms with van der Waals surface area (Å²) in [5, 5.41) is 0. The van der Waals surface area contributed by atoms with Crippen molar-refractivity contribution in [3.05, 3.63) is 48.6 Å². The molecule has 0 aromatic rings. The summed E-state index contributed by atoms with van der Waals surface area (Å²) in [6.07, 6.45) is 111. The molecule has 0 heterocycles. The fourth-order valence-electron chi connectivity index (χ4n) is 13.9. The number of esters is 2. The molecule has 0 aromatic heterocycles. The van der Waals surface area contributed by atoms with Crippen LogP contribution < -0.4 is 4.89 Å². The number of unbranched alkanes of at least 4 members (excludes halogenated alkanes) is 64. The predicted octanol–water partition coefficient (Wildman–Crippen LogP) is 30.0. The van der Waals surface area contributed by atoms with Gasteiger partial charge in [0.15, 0.2) is 6.10 Å². The third-order valence-corrected chi connectivity index (χ3v) is 21.8. The number of carbonyl (C=O) groups is 2. The van der Waals surface area contributed by atoms with Gasteiger partial charge in [-0.3, -0.25) is 14.2 Å². The molecule has 10 heteroatoms. The first-order chi connectivity index (χ1) is 50.0. The highest BCUT2D eigenvalue weighted by Gasteiger charge is 2.22. The summed E-state index contributed by atoms with van der Waals surface area (Å²) in [5.74, 6) is -0.804. The molecule has 0 bridgehead atoms. The Kier molecular flexibility index (Phi) is 81.4. The molecule has 0 aromatic carbocycles. The van der Waals surface area contributed by atoms with Crippen LogP contribution in [-0.4, -0.2) is 70.0 Å². The van der Waals surface area contributed by atoms with Crippen LogP contribution in [0.2, 0.25) is 0 Å². The Hall–Kier alpha value is -2.03. The summed E-state index contributed by atoms with van der Waals surface area (Å²) >= 11 is 0. The monoisotopic (exact) mass is 1450 g/mol. The topological polar surface area (TPSA) is 111 Å². The predicted molar refractivity (Wildman–Crippen MR) is 444 cm³/mol. The molecule has 0 aliphatic carbocycles. The van der Waals surface area contributed by atoms with E-state index in [2.05, 4.69) is 62.5 Å². The van der Waals surface area contributed by atoms with Gasteiger partial charge in [-0.25, -0.2) is 0 Å². The Morgan fingerprint density at radius 1 is 0.304 bits per heavy atom. The third kappa shape index (κ3) is 86.9. The Balaban J connectivity index is 3.83. The van der Waals surface area contributed by atoms with Crippen LogP contribution in [0.5, 0.6) is 0 Å². The van der Waals surface area contributed by atoms with Gasteiger partial charge in [0.25, 0.3) is 7.82 Å². The van der Waals surface area contributed by atoms with Crippen LogP contribution in [0.3, 0.4) is 0 Å². The number of likely N-dealkylation sites (N-methyl/N-ethyl adjacent to an activating group) is 1. The van der Waals surface area contributed by atoms with Crippen LogP contribution in [0.1, 0.15) is 476 Å². The van der Waals surface area contributed by atoms with Crippen molar-refractivity contribution in [1.82, 2.24) is 0 Å². The van der Waals surface area contributed by atoms with E-state index in [1.165, 1.54) is 398 Å². The van der Waals surface area contributed by atoms with Gasteiger partial charge in [-0.1, -0.05) is 435 Å². The summed E-state index contributed by atoms with van der Waals surface area (Å²) in [5.41, 5.74) is 0. The normalized spacial score (nSPS) is 13.1. The molecule has 0 radical (unpaired) electrons. The molecule has 0 N–H and O–H groups in total. The number of hydrogen-bond acceptors (Lipinski definition) is 8. The van der Waals surface area contributed by atoms with E-state index in [-0.39, 0.29) is 32.0 Å². The molecule has 0 rings (SSSR count). The Bertz CT molecular complexity index is 1860. The summed E-state index contributed by atoms with van der Waals surface area (Å²) in [6, 6.07) is 0. The fourth-order valence-corrected chi connectivity index (χ4v) is 14.6. The minimum atomic E-state index is -4.65. The van der Waals surface area contributed by atoms with Gasteiger partial charge in [0.05, 0.1) is 27.7 Å². The number of carbonyl (C=O) groups excluding carboxylic acids is 2. The molecule has 0 saturated heterocycles. The molecule has 602 valence electrons. The first-order valence-electron chi connectivity index (χ1n) is 45.3. The SMILES string of the molecule is CCCCCCC/C=C\C/C=C\CCCCCCCCCCCCCCCCCCCCCCCCCCCCCC(=O)OCC(COP(=O)([O-])OCC[N+](C)(C)C)OC(=O)CCCCCCCCCCCCCCCCCCCCCCCCCCCCC/C=C\C/C=C\CCCCCCC. The smallest absolute Gasteiger partial charge is 0.306 e. The van der Waals surface area contributed by atoms with Gasteiger partial charge in [-0.15, -0.1) is 0 Å². The van der Waals surface area contributed by atoms with Crippen molar-refractivity contribution in [3.8, 4) is 0 Å². The minimum absolute atomic E-state index is 0.0269. The Morgan fingerprint density at radius 3 is 0.775 bits per heavy atom. The van der Waals surface area contributed by atoms with Crippen molar-refractivity contribution in [3.63, 3.8) is 0 Å². The molecule has 102 heavy (non-hydrogen) atoms. The van der Waals surface area contributed by atoms with Gasteiger partial charge in [0.1, 0.15) is 19.8 Å². The molecule has 9 nitrogen and oxygen atoms in total. The molecular weight excluding hydrogens is 1280 g/mol. The van der Waals surface area contributed by atoms with E-state index >= 15 is 0 Å². The molecule has 0 fully saturated rings. The van der Waals surface area contributed by atoms with Crippen molar-refractivity contribution in [2.24, 2.45) is 0 Å². The molecule has 2 unspecified atom stereocenters. The molecular formula is C92H176NO8P. The average Bonchev–Trinajstić information content (AvgIpc) is 0.935. The standard InChI is InChI=1S/C92H176NO8P/c1-6-8-10-12-14-16-18-20-22-24-26-28-30-32-34-36-38-40-42-44-46-48-50-52-54-56-58-60-62-64-66-68-70-72-74-76-78-80-82-84-91(94)98-88-90(89-100-102(96,97)99-87-86-93(3,4)5)101-92(95)85-83-81-79-77-75-73-71-69-67-65-63-61-59-57-55-53-51-49-47-45-43-41-39-37-35-33-31-29-27-25-23-21-19-17-15-13-11-9-7-2/h18-21,24-27,90H,6-17,22-23,28-89H2,1-5H3/b20-18-,21-19-,26-24-,27-25-. The number of hydrogen-bond donors (Lipinski definition) is 0. The van der Waals surface area contributed by atoms with Crippen molar-refractivity contribution in [1.29, 1.82) is 0 Å². The second-order valence-electron chi connectivity index (χ2n) is 32.3. The summed E-state index contributed by atoms with van der Waals surface area (Å²) in [7, 11) is 1.20. The molecule has 0 spiro atoms. The van der Waals surface area contributed by atoms with E-state index in [1.54, 1.807) is 0 Å². The van der Waals surface area contributed by atoms with E-state index in [0.717, 1.165) is 44.9 Å². The highest BCUT2D eigenvalue weighted by atomic mass is 31.2. The van der Waals surface area contributed by atoms with Crippen molar-refractivity contribution >= 4 is 19.8 Å². The number of allylic oxidation sites excluding steroid dienone is 8. The first kappa shape index (κ1) is 100.0. The lowest BCUT2D eigenvalue weighted by Crippen LogP contribution is -2.37. The zero-order valence-electron chi connectivity index (χ0n) is 69.1. The third-order valence-electron chi connectivity index (χ3n) is 20.8. The maximum atomic E-state index is 12.9. The number of phosphoric ester groups is 1. The number of rotatable bonds is 86. The molecule has 0 amide bonds. The summed E-state index contributed by atoms with van der Waals surface area (Å²) < 4.78 is 34.5. The van der Waals surface area contributed by atoms with Gasteiger partial charge in [-0.2, -0.15) is 0 Å². The highest BCUT2D eigenvalue weighted by Crippen LogP contribution is 2.38. The van der Waals surface area contributed by atoms with Crippen molar-refractivity contribution in [2.45, 2.75) is 482 Å². The van der Waals surface area contributed by atoms with E-state index < -0.39 is 26.5 Å². The van der Waals surface area contributed by atoms with Gasteiger partial charge in [-0.05, 0) is 77.0 Å². The highest BCUT2D eigenvalue weighted by molar-refractivity contribution is 7.45. The zero-order chi connectivity index (χ0) is 74.0. The summed E-state index contributed by atoms with van der Waals surface area (Å²) in [4.78, 5) is 38.3. The van der Waals surface area contributed by atoms with Crippen LogP contribution in [0.25, 0.3) is 0 Å². The average molecular weight is 1460 g/mol. The lowest BCUT2D eigenvalue weighted by atomic mass is 10.0. The van der Waals surface area contributed by atoms with Gasteiger partial charge < -0.3 is 27.9 Å². The molecule has 0 aliphatic heterocycles.